The van der Waals surface area contributed by atoms with Crippen LogP contribution < -0.4 is 15.4 Å². The smallest absolute Gasteiger partial charge is 0.278 e. The van der Waals surface area contributed by atoms with E-state index >= 15 is 0 Å². The number of benzene rings is 1. The molecule has 7 heteroatoms. The predicted octanol–water partition coefficient (Wildman–Crippen LogP) is 1.44. The highest BCUT2D eigenvalue weighted by atomic mass is 16.5. The molecule has 1 aliphatic rings. The fourth-order valence-corrected chi connectivity index (χ4v) is 2.73. The third-order valence-corrected chi connectivity index (χ3v) is 4.40. The maximum Gasteiger partial charge on any atom is 0.278 e. The summed E-state index contributed by atoms with van der Waals surface area (Å²) in [5.41, 5.74) is 1.70. The number of carbonyl (C=O) groups excluding carboxylic acids is 2. The first-order valence-corrected chi connectivity index (χ1v) is 7.70. The van der Waals surface area contributed by atoms with E-state index in [1.54, 1.807) is 28.9 Å². The van der Waals surface area contributed by atoms with Gasteiger partial charge in [-0.2, -0.15) is 5.10 Å². The van der Waals surface area contributed by atoms with Crippen LogP contribution in [0, 0.1) is 13.8 Å². The second-order valence-corrected chi connectivity index (χ2v) is 6.04. The molecule has 2 amide bonds. The number of ether oxygens (including phenoxy) is 1. The lowest BCUT2D eigenvalue weighted by Crippen LogP contribution is -2.58. The maximum absolute atomic E-state index is 12.6. The molecule has 0 spiro atoms. The summed E-state index contributed by atoms with van der Waals surface area (Å²) in [6, 6.07) is 7.03. The van der Waals surface area contributed by atoms with E-state index in [-0.39, 0.29) is 6.54 Å². The zero-order valence-electron chi connectivity index (χ0n) is 14.1. The second-order valence-electron chi connectivity index (χ2n) is 6.04. The number of aryl methyl sites for hydroxylation is 2. The number of hydrogen-bond donors (Lipinski definition) is 2. The molecule has 0 aliphatic carbocycles. The lowest BCUT2D eigenvalue weighted by Gasteiger charge is -2.33. The first-order chi connectivity index (χ1) is 11.3. The first-order valence-electron chi connectivity index (χ1n) is 7.70. The van der Waals surface area contributed by atoms with E-state index in [4.69, 9.17) is 4.74 Å². The third kappa shape index (κ3) is 2.51. The zero-order chi connectivity index (χ0) is 17.5. The number of carbonyl (C=O) groups is 2. The SMILES string of the molecule is Cc1nn(C)c(C)c1CNC(=O)C1(C)Oc2ccccc2NC1=O. The molecule has 126 valence electrons. The largest absolute Gasteiger partial charge is 0.466 e. The van der Waals surface area contributed by atoms with Crippen molar-refractivity contribution in [3.05, 3.63) is 41.2 Å². The standard InChI is InChI=1S/C17H20N4O3/c1-10-12(11(2)21(4)20-10)9-18-15(22)17(3)16(23)19-13-7-5-6-8-14(13)24-17/h5-8H,9H2,1-4H3,(H,18,22)(H,19,23). The van der Waals surface area contributed by atoms with Gasteiger partial charge in [-0.15, -0.1) is 0 Å². The Morgan fingerprint density at radius 2 is 2.08 bits per heavy atom. The number of aromatic nitrogens is 2. The summed E-state index contributed by atoms with van der Waals surface area (Å²) in [5.74, 6) is -0.501. The first kappa shape index (κ1) is 16.0. The minimum Gasteiger partial charge on any atom is -0.466 e. The number of hydrogen-bond acceptors (Lipinski definition) is 4. The highest BCUT2D eigenvalue weighted by Gasteiger charge is 2.47. The normalized spacial score (nSPS) is 19.2. The number of amides is 2. The van der Waals surface area contributed by atoms with Gasteiger partial charge in [0.1, 0.15) is 5.75 Å². The van der Waals surface area contributed by atoms with E-state index in [1.807, 2.05) is 20.9 Å². The molecular weight excluding hydrogens is 308 g/mol. The van der Waals surface area contributed by atoms with E-state index in [0.717, 1.165) is 17.0 Å². The number of anilines is 1. The molecule has 2 aromatic rings. The van der Waals surface area contributed by atoms with Crippen molar-refractivity contribution >= 4 is 17.5 Å². The van der Waals surface area contributed by atoms with Crippen LogP contribution in [0.5, 0.6) is 5.75 Å². The summed E-state index contributed by atoms with van der Waals surface area (Å²) in [4.78, 5) is 25.0. The van der Waals surface area contributed by atoms with Crippen molar-refractivity contribution in [1.29, 1.82) is 0 Å². The minimum absolute atomic E-state index is 0.290. The van der Waals surface area contributed by atoms with Gasteiger partial charge in [0.05, 0.1) is 11.4 Å². The second kappa shape index (κ2) is 5.67. The van der Waals surface area contributed by atoms with E-state index in [9.17, 15) is 9.59 Å². The average molecular weight is 328 g/mol. The van der Waals surface area contributed by atoms with Gasteiger partial charge in [-0.1, -0.05) is 12.1 Å². The van der Waals surface area contributed by atoms with Crippen LogP contribution in [0.4, 0.5) is 5.69 Å². The monoisotopic (exact) mass is 328 g/mol. The molecule has 1 aromatic carbocycles. The summed E-state index contributed by atoms with van der Waals surface area (Å²) in [5, 5.41) is 9.82. The van der Waals surface area contributed by atoms with Crippen LogP contribution >= 0.6 is 0 Å². The molecule has 1 unspecified atom stereocenters. The Morgan fingerprint density at radius 1 is 1.38 bits per heavy atom. The summed E-state index contributed by atoms with van der Waals surface area (Å²) in [7, 11) is 1.85. The Labute approximate surface area is 140 Å². The van der Waals surface area contributed by atoms with Gasteiger partial charge in [-0.05, 0) is 32.9 Å². The summed E-state index contributed by atoms with van der Waals surface area (Å²) in [6.07, 6.45) is 0. The Hall–Kier alpha value is -2.83. The van der Waals surface area contributed by atoms with E-state index < -0.39 is 17.4 Å². The molecule has 0 radical (unpaired) electrons. The van der Waals surface area contributed by atoms with Crippen molar-refractivity contribution in [2.45, 2.75) is 32.9 Å². The average Bonchev–Trinajstić information content (AvgIpc) is 2.79. The van der Waals surface area contributed by atoms with Gasteiger partial charge >= 0.3 is 0 Å². The molecule has 1 aromatic heterocycles. The Balaban J connectivity index is 1.78. The predicted molar refractivity (Wildman–Crippen MR) is 88.6 cm³/mol. The number of fused-ring (bicyclic) bond motifs is 1. The van der Waals surface area contributed by atoms with Crippen molar-refractivity contribution in [1.82, 2.24) is 15.1 Å². The van der Waals surface area contributed by atoms with Crippen molar-refractivity contribution in [3.63, 3.8) is 0 Å². The van der Waals surface area contributed by atoms with Gasteiger partial charge in [0.15, 0.2) is 0 Å². The van der Waals surface area contributed by atoms with Crippen molar-refractivity contribution in [2.75, 3.05) is 5.32 Å². The van der Waals surface area contributed by atoms with Crippen LogP contribution in [0.2, 0.25) is 0 Å². The van der Waals surface area contributed by atoms with Crippen LogP contribution in [-0.2, 0) is 23.2 Å². The Bertz CT molecular complexity index is 827. The minimum atomic E-state index is -1.61. The zero-order valence-corrected chi connectivity index (χ0v) is 14.1. The number of rotatable bonds is 3. The van der Waals surface area contributed by atoms with Crippen LogP contribution in [-0.4, -0.2) is 27.2 Å². The molecule has 7 nitrogen and oxygen atoms in total. The van der Waals surface area contributed by atoms with Crippen molar-refractivity contribution in [3.8, 4) is 5.75 Å². The fraction of sp³-hybridized carbons (Fsp3) is 0.353. The van der Waals surface area contributed by atoms with Crippen molar-refractivity contribution < 1.29 is 14.3 Å². The number of nitrogens with one attached hydrogen (secondary N) is 2. The third-order valence-electron chi connectivity index (χ3n) is 4.40. The molecule has 0 saturated heterocycles. The van der Waals surface area contributed by atoms with E-state index in [0.29, 0.717) is 11.4 Å². The molecule has 0 fully saturated rings. The van der Waals surface area contributed by atoms with Crippen LogP contribution in [0.25, 0.3) is 0 Å². The van der Waals surface area contributed by atoms with Gasteiger partial charge in [-0.3, -0.25) is 14.3 Å². The number of nitrogens with zero attached hydrogens (tertiary/aromatic N) is 2. The van der Waals surface area contributed by atoms with Gasteiger partial charge in [0, 0.05) is 24.8 Å². The van der Waals surface area contributed by atoms with Crippen LogP contribution in [0.3, 0.4) is 0 Å². The quantitative estimate of drug-likeness (QED) is 0.835. The van der Waals surface area contributed by atoms with Crippen LogP contribution in [0.1, 0.15) is 23.9 Å². The molecule has 1 atom stereocenters. The van der Waals surface area contributed by atoms with Gasteiger partial charge in [0.2, 0.25) is 0 Å². The molecule has 2 heterocycles. The maximum atomic E-state index is 12.6. The van der Waals surface area contributed by atoms with Crippen LogP contribution in [0.15, 0.2) is 24.3 Å². The molecule has 0 saturated carbocycles. The molecule has 3 rings (SSSR count). The fourth-order valence-electron chi connectivity index (χ4n) is 2.73. The van der Waals surface area contributed by atoms with Gasteiger partial charge in [-0.25, -0.2) is 0 Å². The molecule has 2 N–H and O–H groups in total. The number of para-hydroxylation sites is 2. The molecule has 24 heavy (non-hydrogen) atoms. The highest BCUT2D eigenvalue weighted by Crippen LogP contribution is 2.33. The van der Waals surface area contributed by atoms with Gasteiger partial charge < -0.3 is 15.4 Å². The lowest BCUT2D eigenvalue weighted by molar-refractivity contribution is -0.146. The molecule has 1 aliphatic heterocycles. The van der Waals surface area contributed by atoms with E-state index in [2.05, 4.69) is 15.7 Å². The molecule has 0 bridgehead atoms. The topological polar surface area (TPSA) is 85.2 Å². The molecular formula is C17H20N4O3. The lowest BCUT2D eigenvalue weighted by atomic mass is 10.0. The summed E-state index contributed by atoms with van der Waals surface area (Å²) >= 11 is 0. The Morgan fingerprint density at radius 3 is 2.75 bits per heavy atom. The summed E-state index contributed by atoms with van der Waals surface area (Å²) in [6.45, 7) is 5.58. The highest BCUT2D eigenvalue weighted by molar-refractivity contribution is 6.15. The Kier molecular flexibility index (Phi) is 3.79. The van der Waals surface area contributed by atoms with Crippen molar-refractivity contribution in [2.24, 2.45) is 7.05 Å². The van der Waals surface area contributed by atoms with E-state index in [1.165, 1.54) is 6.92 Å². The summed E-state index contributed by atoms with van der Waals surface area (Å²) < 4.78 is 7.47. The van der Waals surface area contributed by atoms with Gasteiger partial charge in [0.25, 0.3) is 17.4 Å².